The average Bonchev–Trinajstić information content (AvgIpc) is 3.64. The zero-order valence-electron chi connectivity index (χ0n) is 20.8. The number of nitrogens with one attached hydrogen (secondary N) is 1. The van der Waals surface area contributed by atoms with Crippen LogP contribution >= 0.6 is 0 Å². The zero-order valence-corrected chi connectivity index (χ0v) is 20.8. The summed E-state index contributed by atoms with van der Waals surface area (Å²) in [5.41, 5.74) is 5.59. The number of likely N-dealkylation sites (tertiary alicyclic amines) is 1. The van der Waals surface area contributed by atoms with Gasteiger partial charge in [-0.25, -0.2) is 9.67 Å². The summed E-state index contributed by atoms with van der Waals surface area (Å²) in [6.45, 7) is 3.51. The molecule has 0 bridgehead atoms. The minimum absolute atomic E-state index is 0.460. The lowest BCUT2D eigenvalue weighted by atomic mass is 9.97. The smallest absolute Gasteiger partial charge is 0.229 e. The molecule has 9 heteroatoms. The van der Waals surface area contributed by atoms with Crippen molar-refractivity contribution in [3.05, 3.63) is 59.7 Å². The van der Waals surface area contributed by atoms with E-state index in [1.807, 2.05) is 24.1 Å². The Bertz CT molecular complexity index is 1380. The number of aliphatic hydroxyl groups is 2. The van der Waals surface area contributed by atoms with Crippen molar-refractivity contribution in [3.63, 3.8) is 0 Å². The maximum absolute atomic E-state index is 9.84. The molecule has 1 aliphatic heterocycles. The first-order chi connectivity index (χ1) is 17.4. The number of aromatic nitrogens is 5. The van der Waals surface area contributed by atoms with E-state index in [0.29, 0.717) is 37.3 Å². The first-order valence-corrected chi connectivity index (χ1v) is 12.8. The predicted molar refractivity (Wildman–Crippen MR) is 139 cm³/mol. The van der Waals surface area contributed by atoms with Crippen molar-refractivity contribution in [1.29, 1.82) is 0 Å². The first-order valence-electron chi connectivity index (χ1n) is 12.8. The van der Waals surface area contributed by atoms with Gasteiger partial charge in [-0.05, 0) is 49.4 Å². The molecule has 0 unspecified atom stereocenters. The van der Waals surface area contributed by atoms with E-state index in [2.05, 4.69) is 51.4 Å². The number of aryl methyl sites for hydroxylation is 2. The van der Waals surface area contributed by atoms with Gasteiger partial charge < -0.3 is 20.1 Å². The molecule has 1 saturated carbocycles. The van der Waals surface area contributed by atoms with Gasteiger partial charge in [-0.3, -0.25) is 4.90 Å². The summed E-state index contributed by atoms with van der Waals surface area (Å²) in [4.78, 5) is 11.2. The average molecular weight is 488 g/mol. The number of benzene rings is 1. The summed E-state index contributed by atoms with van der Waals surface area (Å²) in [6, 6.07) is 8.29. The number of nitrogens with zero attached hydrogens (tertiary/aromatic N) is 6. The number of hydrogen-bond acceptors (Lipinski definition) is 7. The molecule has 2 atom stereocenters. The summed E-state index contributed by atoms with van der Waals surface area (Å²) < 4.78 is 3.99. The third-order valence-corrected chi connectivity index (χ3v) is 7.68. The molecule has 4 aromatic rings. The molecule has 9 nitrogen and oxygen atoms in total. The molecule has 1 saturated heterocycles. The van der Waals surface area contributed by atoms with Crippen LogP contribution in [0.3, 0.4) is 0 Å². The standard InChI is InChI=1S/C27H33N7O2/c1-17-19(12-33-15-24(35)25(36)16-33)13-34(31-17)26-9-10-28-27(30-26)29-20-7-8-23-21(11-20)22(14-32(23)2)18-5-3-4-6-18/h7-11,13-14,18,24-25,35-36H,3-6,12,15-16H2,1-2H3,(H,28,29,30)/t24-,25+. The molecule has 2 aliphatic rings. The quantitative estimate of drug-likeness (QED) is 0.383. The number of rotatable bonds is 6. The van der Waals surface area contributed by atoms with Crippen molar-refractivity contribution in [2.24, 2.45) is 7.05 Å². The van der Waals surface area contributed by atoms with E-state index in [-0.39, 0.29) is 0 Å². The van der Waals surface area contributed by atoms with Crippen LogP contribution in [0.4, 0.5) is 11.6 Å². The fourth-order valence-corrected chi connectivity index (χ4v) is 5.71. The van der Waals surface area contributed by atoms with Crippen LogP contribution in [-0.2, 0) is 13.6 Å². The van der Waals surface area contributed by atoms with Gasteiger partial charge in [-0.2, -0.15) is 10.1 Å². The highest BCUT2D eigenvalue weighted by Crippen LogP contribution is 2.39. The van der Waals surface area contributed by atoms with Crippen LogP contribution in [0.5, 0.6) is 0 Å². The fourth-order valence-electron chi connectivity index (χ4n) is 5.71. The van der Waals surface area contributed by atoms with Crippen LogP contribution in [0.1, 0.15) is 48.4 Å². The third-order valence-electron chi connectivity index (χ3n) is 7.68. The van der Waals surface area contributed by atoms with E-state index < -0.39 is 12.2 Å². The maximum Gasteiger partial charge on any atom is 0.229 e. The number of aliphatic hydroxyl groups excluding tert-OH is 2. The Morgan fingerprint density at radius 1 is 1.06 bits per heavy atom. The maximum atomic E-state index is 9.84. The highest BCUT2D eigenvalue weighted by molar-refractivity contribution is 5.88. The molecule has 0 spiro atoms. The Kier molecular flexibility index (Phi) is 5.99. The second-order valence-corrected chi connectivity index (χ2v) is 10.3. The van der Waals surface area contributed by atoms with Gasteiger partial charge in [0.2, 0.25) is 5.95 Å². The molecule has 188 valence electrons. The lowest BCUT2D eigenvalue weighted by molar-refractivity contribution is 0.0572. The lowest BCUT2D eigenvalue weighted by Gasteiger charge is -2.13. The molecule has 1 aliphatic carbocycles. The normalized spacial score (nSPS) is 21.1. The molecule has 36 heavy (non-hydrogen) atoms. The summed E-state index contributed by atoms with van der Waals surface area (Å²) in [5, 5.41) is 29.0. The fraction of sp³-hybridized carbons (Fsp3) is 0.444. The van der Waals surface area contributed by atoms with Gasteiger partial charge in [0.15, 0.2) is 5.82 Å². The molecule has 0 amide bonds. The van der Waals surface area contributed by atoms with Gasteiger partial charge in [0, 0.05) is 73.5 Å². The van der Waals surface area contributed by atoms with Crippen LogP contribution in [-0.4, -0.2) is 64.7 Å². The van der Waals surface area contributed by atoms with E-state index in [9.17, 15) is 10.2 Å². The number of hydrogen-bond donors (Lipinski definition) is 3. The molecule has 6 rings (SSSR count). The summed E-state index contributed by atoms with van der Waals surface area (Å²) in [6.07, 6.45) is 9.77. The predicted octanol–water partition coefficient (Wildman–Crippen LogP) is 3.40. The second-order valence-electron chi connectivity index (χ2n) is 10.3. The van der Waals surface area contributed by atoms with Gasteiger partial charge >= 0.3 is 0 Å². The van der Waals surface area contributed by atoms with Crippen molar-refractivity contribution >= 4 is 22.5 Å². The number of fused-ring (bicyclic) bond motifs is 1. The van der Waals surface area contributed by atoms with Crippen molar-refractivity contribution < 1.29 is 10.2 Å². The Labute approximate surface area is 210 Å². The SMILES string of the molecule is Cc1nn(-c2ccnc(Nc3ccc4c(c3)c(C3CCCC3)cn4C)n2)cc1CN1C[C@@H](O)[C@@H](O)C1. The first kappa shape index (κ1) is 23.1. The topological polar surface area (TPSA) is 104 Å². The highest BCUT2D eigenvalue weighted by Gasteiger charge is 2.30. The Morgan fingerprint density at radius 2 is 1.83 bits per heavy atom. The van der Waals surface area contributed by atoms with Crippen molar-refractivity contribution in [2.45, 2.75) is 57.3 Å². The van der Waals surface area contributed by atoms with Crippen LogP contribution in [0.2, 0.25) is 0 Å². The molecule has 3 aromatic heterocycles. The van der Waals surface area contributed by atoms with Gasteiger partial charge in [-0.1, -0.05) is 12.8 Å². The van der Waals surface area contributed by atoms with Crippen molar-refractivity contribution in [3.8, 4) is 5.82 Å². The minimum atomic E-state index is -0.694. The van der Waals surface area contributed by atoms with Crippen LogP contribution in [0.25, 0.3) is 16.7 Å². The molecular formula is C27H33N7O2. The van der Waals surface area contributed by atoms with Crippen LogP contribution in [0.15, 0.2) is 42.9 Å². The molecule has 1 aromatic carbocycles. The zero-order chi connectivity index (χ0) is 24.8. The van der Waals surface area contributed by atoms with E-state index >= 15 is 0 Å². The Morgan fingerprint density at radius 3 is 2.61 bits per heavy atom. The largest absolute Gasteiger partial charge is 0.389 e. The van der Waals surface area contributed by atoms with Gasteiger partial charge in [0.1, 0.15) is 0 Å². The summed E-state index contributed by atoms with van der Waals surface area (Å²) in [5.74, 6) is 1.84. The van der Waals surface area contributed by atoms with Crippen molar-refractivity contribution in [2.75, 3.05) is 18.4 Å². The third kappa shape index (κ3) is 4.38. The lowest BCUT2D eigenvalue weighted by Crippen LogP contribution is -2.22. The minimum Gasteiger partial charge on any atom is -0.389 e. The molecule has 3 N–H and O–H groups in total. The molecule has 4 heterocycles. The second kappa shape index (κ2) is 9.31. The molecule has 2 fully saturated rings. The highest BCUT2D eigenvalue weighted by atomic mass is 16.3. The monoisotopic (exact) mass is 487 g/mol. The number of anilines is 2. The summed E-state index contributed by atoms with van der Waals surface area (Å²) in [7, 11) is 2.12. The van der Waals surface area contributed by atoms with E-state index in [1.165, 1.54) is 42.1 Å². The van der Waals surface area contributed by atoms with Crippen molar-refractivity contribution in [1.82, 2.24) is 29.2 Å². The van der Waals surface area contributed by atoms with Crippen LogP contribution in [0, 0.1) is 6.92 Å². The Balaban J connectivity index is 1.23. The van der Waals surface area contributed by atoms with Gasteiger partial charge in [0.05, 0.1) is 17.9 Å². The van der Waals surface area contributed by atoms with Crippen LogP contribution < -0.4 is 5.32 Å². The molecular weight excluding hydrogens is 454 g/mol. The van der Waals surface area contributed by atoms with E-state index in [0.717, 1.165) is 16.9 Å². The Hall–Kier alpha value is -3.27. The van der Waals surface area contributed by atoms with E-state index in [1.54, 1.807) is 10.9 Å². The summed E-state index contributed by atoms with van der Waals surface area (Å²) >= 11 is 0. The number of β-amino-alcohol motifs (C(OH)–C–C–N with tert-alkyl or cyclic N) is 2. The van der Waals surface area contributed by atoms with E-state index in [4.69, 9.17) is 4.98 Å². The van der Waals surface area contributed by atoms with Gasteiger partial charge in [0.25, 0.3) is 0 Å². The van der Waals surface area contributed by atoms with Gasteiger partial charge in [-0.15, -0.1) is 0 Å². The molecule has 0 radical (unpaired) electrons.